The number of likely N-dealkylation sites (tertiary alicyclic amines) is 1. The molecule has 0 saturated carbocycles. The van der Waals surface area contributed by atoms with Gasteiger partial charge in [0, 0.05) is 53.7 Å². The number of hydrogen-bond donors (Lipinski definition) is 2. The zero-order valence-electron chi connectivity index (χ0n) is 17.5. The number of aryl methyl sites for hydroxylation is 1. The molecule has 2 unspecified atom stereocenters. The predicted octanol–water partition coefficient (Wildman–Crippen LogP) is 3.55. The maximum Gasteiger partial charge on any atom is 0.319 e. The van der Waals surface area contributed by atoms with Crippen molar-refractivity contribution in [3.8, 4) is 0 Å². The van der Waals surface area contributed by atoms with Crippen LogP contribution in [0.25, 0.3) is 0 Å². The summed E-state index contributed by atoms with van der Waals surface area (Å²) in [6, 6.07) is 14.8. The first-order valence-electron chi connectivity index (χ1n) is 10.2. The number of rotatable bonds is 6. The second-order valence-electron chi connectivity index (χ2n) is 7.88. The summed E-state index contributed by atoms with van der Waals surface area (Å²) in [5.74, 6) is 0.661. The van der Waals surface area contributed by atoms with Gasteiger partial charge >= 0.3 is 6.03 Å². The summed E-state index contributed by atoms with van der Waals surface area (Å²) in [6.45, 7) is 3.86. The van der Waals surface area contributed by atoms with Crippen LogP contribution in [0.2, 0.25) is 0 Å². The van der Waals surface area contributed by atoms with Gasteiger partial charge in [-0.05, 0) is 55.5 Å². The van der Waals surface area contributed by atoms with Gasteiger partial charge in [0.2, 0.25) is 0 Å². The summed E-state index contributed by atoms with van der Waals surface area (Å²) in [7, 11) is -0.943. The molecule has 30 heavy (non-hydrogen) atoms. The number of benzene rings is 2. The van der Waals surface area contributed by atoms with E-state index in [1.165, 1.54) is 0 Å². The van der Waals surface area contributed by atoms with Crippen molar-refractivity contribution >= 4 is 28.4 Å². The maximum absolute atomic E-state index is 12.9. The number of urea groups is 1. The highest BCUT2D eigenvalue weighted by atomic mass is 32.2. The third-order valence-electron chi connectivity index (χ3n) is 5.21. The minimum Gasteiger partial charge on any atom is -0.338 e. The molecular formula is C23H29N3O3S. The molecule has 0 aromatic heterocycles. The average molecular weight is 428 g/mol. The van der Waals surface area contributed by atoms with Crippen LogP contribution < -0.4 is 10.6 Å². The number of carbonyl (C=O) groups is 2. The van der Waals surface area contributed by atoms with Crippen molar-refractivity contribution in [1.82, 2.24) is 10.2 Å². The summed E-state index contributed by atoms with van der Waals surface area (Å²) < 4.78 is 11.5. The lowest BCUT2D eigenvalue weighted by Gasteiger charge is -2.33. The molecule has 1 fully saturated rings. The number of hydrogen-bond acceptors (Lipinski definition) is 3. The van der Waals surface area contributed by atoms with E-state index in [0.29, 0.717) is 24.4 Å². The van der Waals surface area contributed by atoms with E-state index in [4.69, 9.17) is 0 Å². The van der Waals surface area contributed by atoms with Crippen LogP contribution in [0.1, 0.15) is 34.3 Å². The van der Waals surface area contributed by atoms with Gasteiger partial charge in [0.25, 0.3) is 5.91 Å². The van der Waals surface area contributed by atoms with Gasteiger partial charge in [0.05, 0.1) is 0 Å². The molecule has 7 heteroatoms. The molecule has 2 atom stereocenters. The van der Waals surface area contributed by atoms with Gasteiger partial charge < -0.3 is 15.5 Å². The highest BCUT2D eigenvalue weighted by Crippen LogP contribution is 2.19. The first-order valence-corrected chi connectivity index (χ1v) is 11.9. The zero-order valence-corrected chi connectivity index (χ0v) is 18.3. The van der Waals surface area contributed by atoms with E-state index in [-0.39, 0.29) is 17.9 Å². The van der Waals surface area contributed by atoms with E-state index in [2.05, 4.69) is 10.6 Å². The fourth-order valence-corrected chi connectivity index (χ4v) is 4.33. The molecular weight excluding hydrogens is 398 g/mol. The highest BCUT2D eigenvalue weighted by molar-refractivity contribution is 7.83. The van der Waals surface area contributed by atoms with Gasteiger partial charge in [-0.25, -0.2) is 4.79 Å². The number of carbonyl (C=O) groups excluding carboxylic acids is 2. The van der Waals surface area contributed by atoms with Crippen molar-refractivity contribution < 1.29 is 13.8 Å². The Morgan fingerprint density at radius 2 is 1.93 bits per heavy atom. The lowest BCUT2D eigenvalue weighted by atomic mass is 9.97. The molecule has 1 aliphatic heterocycles. The fourth-order valence-electron chi connectivity index (χ4n) is 3.68. The Kier molecular flexibility index (Phi) is 7.63. The number of amides is 3. The normalized spacial score (nSPS) is 17.3. The molecule has 6 nitrogen and oxygen atoms in total. The van der Waals surface area contributed by atoms with Crippen molar-refractivity contribution in [1.29, 1.82) is 0 Å². The van der Waals surface area contributed by atoms with Crippen LogP contribution >= 0.6 is 0 Å². The van der Waals surface area contributed by atoms with Crippen LogP contribution in [-0.4, -0.2) is 46.9 Å². The largest absolute Gasteiger partial charge is 0.338 e. The monoisotopic (exact) mass is 427 g/mol. The third-order valence-corrected chi connectivity index (χ3v) is 5.95. The Morgan fingerprint density at radius 1 is 1.17 bits per heavy atom. The minimum absolute atomic E-state index is 0.00691. The Morgan fingerprint density at radius 3 is 2.67 bits per heavy atom. The third kappa shape index (κ3) is 6.42. The lowest BCUT2D eigenvalue weighted by molar-refractivity contribution is 0.0675. The molecule has 0 spiro atoms. The SMILES string of the molecule is Cc1ccc(NC(=O)NCC2CCCN(C(=O)c3cccc(CS(C)=O)c3)C2)cc1. The van der Waals surface area contributed by atoms with E-state index in [1.54, 1.807) is 12.3 Å². The summed E-state index contributed by atoms with van der Waals surface area (Å²) in [5, 5.41) is 5.76. The standard InChI is InChI=1S/C23H29N3O3S/c1-17-8-10-21(11-9-17)25-23(28)24-14-19-6-4-12-26(15-19)22(27)20-7-3-5-18(13-20)16-30(2)29/h3,5,7-11,13,19H,4,6,12,14-16H2,1-2H3,(H2,24,25,28). The molecule has 1 aliphatic rings. The van der Waals surface area contributed by atoms with Crippen LogP contribution in [0.4, 0.5) is 10.5 Å². The number of piperidine rings is 1. The summed E-state index contributed by atoms with van der Waals surface area (Å²) >= 11 is 0. The zero-order chi connectivity index (χ0) is 21.5. The summed E-state index contributed by atoms with van der Waals surface area (Å²) in [5.41, 5.74) is 3.43. The molecule has 1 saturated heterocycles. The van der Waals surface area contributed by atoms with Crippen molar-refractivity contribution in [2.75, 3.05) is 31.2 Å². The van der Waals surface area contributed by atoms with Crippen molar-refractivity contribution in [3.63, 3.8) is 0 Å². The second kappa shape index (κ2) is 10.4. The van der Waals surface area contributed by atoms with E-state index >= 15 is 0 Å². The molecule has 0 aliphatic carbocycles. The van der Waals surface area contributed by atoms with Crippen LogP contribution in [-0.2, 0) is 16.6 Å². The van der Waals surface area contributed by atoms with Crippen LogP contribution in [0.3, 0.4) is 0 Å². The first kappa shape index (κ1) is 22.0. The van der Waals surface area contributed by atoms with Gasteiger partial charge in [0.15, 0.2) is 0 Å². The summed E-state index contributed by atoms with van der Waals surface area (Å²) in [4.78, 5) is 27.0. The number of nitrogens with one attached hydrogen (secondary N) is 2. The van der Waals surface area contributed by atoms with Gasteiger partial charge in [-0.2, -0.15) is 0 Å². The van der Waals surface area contributed by atoms with Crippen LogP contribution in [0.15, 0.2) is 48.5 Å². The highest BCUT2D eigenvalue weighted by Gasteiger charge is 2.25. The molecule has 0 bridgehead atoms. The first-order chi connectivity index (χ1) is 14.4. The van der Waals surface area contributed by atoms with Crippen molar-refractivity contribution in [3.05, 3.63) is 65.2 Å². The second-order valence-corrected chi connectivity index (χ2v) is 9.31. The predicted molar refractivity (Wildman–Crippen MR) is 121 cm³/mol. The van der Waals surface area contributed by atoms with E-state index in [1.807, 2.05) is 54.3 Å². The van der Waals surface area contributed by atoms with Gasteiger partial charge in [-0.1, -0.05) is 29.8 Å². The quantitative estimate of drug-likeness (QED) is 0.740. The summed E-state index contributed by atoms with van der Waals surface area (Å²) in [6.07, 6.45) is 3.55. The minimum atomic E-state index is -0.943. The van der Waals surface area contributed by atoms with E-state index in [0.717, 1.165) is 36.2 Å². The van der Waals surface area contributed by atoms with Gasteiger partial charge in [-0.3, -0.25) is 9.00 Å². The smallest absolute Gasteiger partial charge is 0.319 e. The average Bonchev–Trinajstić information content (AvgIpc) is 2.73. The molecule has 1 heterocycles. The van der Waals surface area contributed by atoms with Crippen molar-refractivity contribution in [2.45, 2.75) is 25.5 Å². The topological polar surface area (TPSA) is 78.5 Å². The van der Waals surface area contributed by atoms with E-state index in [9.17, 15) is 13.8 Å². The van der Waals surface area contributed by atoms with Gasteiger partial charge in [-0.15, -0.1) is 0 Å². The van der Waals surface area contributed by atoms with Crippen molar-refractivity contribution in [2.24, 2.45) is 5.92 Å². The number of anilines is 1. The van der Waals surface area contributed by atoms with Crippen LogP contribution in [0, 0.1) is 12.8 Å². The van der Waals surface area contributed by atoms with Crippen LogP contribution in [0.5, 0.6) is 0 Å². The fraction of sp³-hybridized carbons (Fsp3) is 0.391. The molecule has 160 valence electrons. The van der Waals surface area contributed by atoms with Gasteiger partial charge in [0.1, 0.15) is 0 Å². The molecule has 0 radical (unpaired) electrons. The van der Waals surface area contributed by atoms with E-state index < -0.39 is 10.8 Å². The Hall–Kier alpha value is -2.67. The molecule has 3 rings (SSSR count). The molecule has 2 aromatic rings. The molecule has 2 aromatic carbocycles. The Labute approximate surface area is 180 Å². The Balaban J connectivity index is 1.52. The lowest BCUT2D eigenvalue weighted by Crippen LogP contribution is -2.44. The molecule has 3 amide bonds. The maximum atomic E-state index is 12.9. The number of nitrogens with zero attached hydrogens (tertiary/aromatic N) is 1. The Bertz CT molecular complexity index is 914. The molecule has 2 N–H and O–H groups in total.